The number of hydrogen-bond acceptors (Lipinski definition) is 5. The molecular weight excluding hydrogens is 412 g/mol. The number of hydrogen-bond donors (Lipinski definition) is 0. The van der Waals surface area contributed by atoms with Crippen LogP contribution in [-0.4, -0.2) is 78.3 Å². The smallest absolute Gasteiger partial charge is 0.0812 e. The van der Waals surface area contributed by atoms with Gasteiger partial charge in [0, 0.05) is 50.1 Å². The van der Waals surface area contributed by atoms with Crippen molar-refractivity contribution in [1.29, 1.82) is 0 Å². The van der Waals surface area contributed by atoms with Crippen LogP contribution in [0, 0.1) is 5.92 Å². The monoisotopic (exact) mass is 446 g/mol. The Morgan fingerprint density at radius 3 is 2.41 bits per heavy atom. The molecule has 168 valence electrons. The minimum absolute atomic E-state index is 0.352. The highest BCUT2D eigenvalue weighted by Crippen LogP contribution is 2.43. The topological polar surface area (TPSA) is 22.1 Å². The van der Waals surface area contributed by atoms with Gasteiger partial charge in [-0.3, -0.25) is 5.01 Å². The van der Waals surface area contributed by atoms with Crippen LogP contribution in [0.2, 0.25) is 0 Å². The maximum atomic E-state index is 5.28. The summed E-state index contributed by atoms with van der Waals surface area (Å²) in [7, 11) is 2.22. The predicted octanol–water partition coefficient (Wildman–Crippen LogP) is 4.48. The van der Waals surface area contributed by atoms with Gasteiger partial charge >= 0.3 is 0 Å². The van der Waals surface area contributed by atoms with Crippen molar-refractivity contribution in [3.63, 3.8) is 0 Å². The lowest BCUT2D eigenvalue weighted by molar-refractivity contribution is 0.139. The number of hydrazone groups is 1. The Bertz CT molecular complexity index is 935. The highest BCUT2D eigenvalue weighted by Gasteiger charge is 2.41. The predicted molar refractivity (Wildman–Crippen MR) is 137 cm³/mol. The first-order valence-electron chi connectivity index (χ1n) is 11.9. The van der Waals surface area contributed by atoms with Crippen LogP contribution < -0.4 is 0 Å². The zero-order chi connectivity index (χ0) is 21.8. The van der Waals surface area contributed by atoms with E-state index in [0.29, 0.717) is 12.0 Å². The summed E-state index contributed by atoms with van der Waals surface area (Å²) in [6, 6.07) is 22.1. The number of benzene rings is 2. The fraction of sp³-hybridized carbons (Fsp3) is 0.444. The molecule has 0 aliphatic carbocycles. The average molecular weight is 447 g/mol. The number of fused-ring (bicyclic) bond motifs is 1. The first-order chi connectivity index (χ1) is 15.8. The molecule has 0 amide bonds. The highest BCUT2D eigenvalue weighted by molar-refractivity contribution is 7.99. The molecule has 2 unspecified atom stereocenters. The Labute approximate surface area is 197 Å². The van der Waals surface area contributed by atoms with Gasteiger partial charge in [-0.05, 0) is 42.8 Å². The SMILES string of the molecule is CN1CCN(CCCN2N=C3/C(=C\c4ccccc4)CSCC3C2c2ccccc2)CC1. The molecule has 0 radical (unpaired) electrons. The summed E-state index contributed by atoms with van der Waals surface area (Å²) in [4.78, 5) is 5.04. The van der Waals surface area contributed by atoms with Gasteiger partial charge in [0.25, 0.3) is 0 Å². The van der Waals surface area contributed by atoms with Crippen LogP contribution in [0.15, 0.2) is 71.3 Å². The Kier molecular flexibility index (Phi) is 6.96. The first kappa shape index (κ1) is 21.7. The maximum absolute atomic E-state index is 5.28. The minimum Gasteiger partial charge on any atom is -0.304 e. The Hall–Kier alpha value is -2.08. The summed E-state index contributed by atoms with van der Waals surface area (Å²) >= 11 is 2.06. The van der Waals surface area contributed by atoms with Crippen molar-refractivity contribution in [3.05, 3.63) is 77.4 Å². The van der Waals surface area contributed by atoms with Crippen LogP contribution in [0.3, 0.4) is 0 Å². The maximum Gasteiger partial charge on any atom is 0.0812 e. The number of likely N-dealkylation sites (N-methyl/N-ethyl adjacent to an activating group) is 1. The van der Waals surface area contributed by atoms with E-state index in [9.17, 15) is 0 Å². The van der Waals surface area contributed by atoms with Crippen molar-refractivity contribution >= 4 is 23.5 Å². The lowest BCUT2D eigenvalue weighted by Crippen LogP contribution is -2.45. The lowest BCUT2D eigenvalue weighted by atomic mass is 9.87. The highest BCUT2D eigenvalue weighted by atomic mass is 32.2. The van der Waals surface area contributed by atoms with Gasteiger partial charge in [-0.1, -0.05) is 60.7 Å². The summed E-state index contributed by atoms with van der Waals surface area (Å²) < 4.78 is 0. The lowest BCUT2D eigenvalue weighted by Gasteiger charge is -2.33. The first-order valence-corrected chi connectivity index (χ1v) is 13.1. The quantitative estimate of drug-likeness (QED) is 0.652. The van der Waals surface area contributed by atoms with Crippen molar-refractivity contribution in [2.75, 3.05) is 57.8 Å². The number of piperazine rings is 1. The molecule has 0 spiro atoms. The minimum atomic E-state index is 0.352. The van der Waals surface area contributed by atoms with E-state index >= 15 is 0 Å². The molecule has 5 rings (SSSR count). The van der Waals surface area contributed by atoms with Gasteiger partial charge in [0.2, 0.25) is 0 Å². The second kappa shape index (κ2) is 10.2. The van der Waals surface area contributed by atoms with Crippen molar-refractivity contribution in [2.24, 2.45) is 11.0 Å². The molecule has 3 aliphatic heterocycles. The molecule has 0 saturated carbocycles. The molecule has 0 bridgehead atoms. The van der Waals surface area contributed by atoms with Crippen molar-refractivity contribution in [2.45, 2.75) is 12.5 Å². The Morgan fingerprint density at radius 1 is 0.938 bits per heavy atom. The Balaban J connectivity index is 1.35. The van der Waals surface area contributed by atoms with Gasteiger partial charge in [0.1, 0.15) is 0 Å². The van der Waals surface area contributed by atoms with Crippen LogP contribution >= 0.6 is 11.8 Å². The molecule has 4 nitrogen and oxygen atoms in total. The molecule has 0 N–H and O–H groups in total. The molecule has 3 aliphatic rings. The molecular formula is C27H34N4S. The van der Waals surface area contributed by atoms with Gasteiger partial charge in [0.15, 0.2) is 0 Å². The van der Waals surface area contributed by atoms with E-state index in [-0.39, 0.29) is 0 Å². The molecule has 5 heteroatoms. The third-order valence-electron chi connectivity index (χ3n) is 6.91. The molecule has 32 heavy (non-hydrogen) atoms. The molecule has 2 atom stereocenters. The summed E-state index contributed by atoms with van der Waals surface area (Å²) in [5, 5.41) is 7.69. The van der Waals surface area contributed by atoms with E-state index in [4.69, 9.17) is 5.10 Å². The summed E-state index contributed by atoms with van der Waals surface area (Å²) in [5.41, 5.74) is 5.40. The summed E-state index contributed by atoms with van der Waals surface area (Å²) in [6.07, 6.45) is 3.52. The van der Waals surface area contributed by atoms with Crippen LogP contribution in [0.4, 0.5) is 0 Å². The number of rotatable bonds is 6. The van der Waals surface area contributed by atoms with Gasteiger partial charge in [-0.25, -0.2) is 0 Å². The number of thioether (sulfide) groups is 1. The second-order valence-corrected chi connectivity index (χ2v) is 10.2. The van der Waals surface area contributed by atoms with Gasteiger partial charge in [-0.15, -0.1) is 0 Å². The van der Waals surface area contributed by atoms with E-state index in [2.05, 4.69) is 100 Å². The van der Waals surface area contributed by atoms with Crippen molar-refractivity contribution in [3.8, 4) is 0 Å². The molecule has 3 heterocycles. The molecule has 2 aromatic carbocycles. The van der Waals surface area contributed by atoms with Crippen LogP contribution in [0.25, 0.3) is 6.08 Å². The normalized spacial score (nSPS) is 25.7. The van der Waals surface area contributed by atoms with E-state index < -0.39 is 0 Å². The fourth-order valence-corrected chi connectivity index (χ4v) is 6.27. The third kappa shape index (κ3) is 4.95. The van der Waals surface area contributed by atoms with E-state index in [1.54, 1.807) is 0 Å². The number of nitrogens with zero attached hydrogens (tertiary/aromatic N) is 4. The zero-order valence-corrected chi connectivity index (χ0v) is 19.9. The van der Waals surface area contributed by atoms with Crippen molar-refractivity contribution < 1.29 is 0 Å². The summed E-state index contributed by atoms with van der Waals surface area (Å²) in [6.45, 7) is 6.95. The Morgan fingerprint density at radius 2 is 1.66 bits per heavy atom. The zero-order valence-electron chi connectivity index (χ0n) is 19.1. The fourth-order valence-electron chi connectivity index (χ4n) is 5.11. The van der Waals surface area contributed by atoms with Gasteiger partial charge < -0.3 is 9.80 Å². The van der Waals surface area contributed by atoms with Crippen LogP contribution in [0.5, 0.6) is 0 Å². The average Bonchev–Trinajstić information content (AvgIpc) is 3.21. The van der Waals surface area contributed by atoms with Gasteiger partial charge in [0.05, 0.1) is 11.8 Å². The summed E-state index contributed by atoms with van der Waals surface area (Å²) in [5.74, 6) is 2.68. The van der Waals surface area contributed by atoms with Crippen LogP contribution in [-0.2, 0) is 0 Å². The van der Waals surface area contributed by atoms with E-state index in [1.165, 1.54) is 61.6 Å². The van der Waals surface area contributed by atoms with Crippen LogP contribution in [0.1, 0.15) is 23.6 Å². The van der Waals surface area contributed by atoms with Gasteiger partial charge in [-0.2, -0.15) is 16.9 Å². The molecule has 2 fully saturated rings. The molecule has 2 aromatic rings. The second-order valence-electron chi connectivity index (χ2n) is 9.20. The van der Waals surface area contributed by atoms with E-state index in [0.717, 1.165) is 18.1 Å². The third-order valence-corrected chi connectivity index (χ3v) is 8.02. The van der Waals surface area contributed by atoms with E-state index in [1.807, 2.05) is 0 Å². The molecule has 0 aromatic heterocycles. The standard InChI is InChI=1S/C27H34N4S/c1-29-15-17-30(18-16-29)13-8-14-31-27(23-11-6-3-7-12-23)25-21-32-20-24(26(25)28-31)19-22-9-4-2-5-10-22/h2-7,9-12,19,25,27H,8,13-18,20-21H2,1H3/b24-19-. The largest absolute Gasteiger partial charge is 0.304 e. The molecule has 2 saturated heterocycles. The van der Waals surface area contributed by atoms with Crippen molar-refractivity contribution in [1.82, 2.24) is 14.8 Å².